The first-order chi connectivity index (χ1) is 13.6. The van der Waals surface area contributed by atoms with Crippen molar-refractivity contribution in [2.24, 2.45) is 10.7 Å². The van der Waals surface area contributed by atoms with E-state index in [4.69, 9.17) is 5.73 Å². The number of benzene rings is 2. The minimum Gasteiger partial charge on any atom is -0.361 e. The maximum atomic E-state index is 6.54. The third kappa shape index (κ3) is 3.14. The topological polar surface area (TPSA) is 94.0 Å². The molecular weight excluding hydrogens is 348 g/mol. The van der Waals surface area contributed by atoms with Gasteiger partial charge in [-0.3, -0.25) is 10.7 Å². The van der Waals surface area contributed by atoms with E-state index < -0.39 is 5.79 Å². The lowest BCUT2D eigenvalue weighted by Gasteiger charge is -2.31. The molecule has 1 atom stereocenters. The summed E-state index contributed by atoms with van der Waals surface area (Å²) in [7, 11) is 0. The van der Waals surface area contributed by atoms with Gasteiger partial charge in [0.15, 0.2) is 5.79 Å². The summed E-state index contributed by atoms with van der Waals surface area (Å²) in [6.07, 6.45) is 6.17. The van der Waals surface area contributed by atoms with Gasteiger partial charge < -0.3 is 20.6 Å². The summed E-state index contributed by atoms with van der Waals surface area (Å²) in [6, 6.07) is 16.7. The number of hydrogen-bond acceptors (Lipinski definition) is 4. The van der Waals surface area contributed by atoms with Crippen molar-refractivity contribution in [2.45, 2.75) is 19.1 Å². The van der Waals surface area contributed by atoms with Gasteiger partial charge in [-0.05, 0) is 60.3 Å². The molecule has 4 aromatic rings. The standard InChI is InChI=1S/C22H22N6/c1-14-10-17-12-18(4-5-19(17)26-14)27-21-7-9-25-22(23,28-21)13-15-2-3-16-6-8-24-20(16)11-15/h2-12,24,26-28H,13,23H2,1H3. The quantitative estimate of drug-likeness (QED) is 0.379. The molecular formula is C22H22N6. The number of H-pyrrole nitrogens is 2. The van der Waals surface area contributed by atoms with Crippen LogP contribution in [0, 0.1) is 6.92 Å². The maximum absolute atomic E-state index is 6.54. The van der Waals surface area contributed by atoms with Crippen LogP contribution in [0.15, 0.2) is 71.6 Å². The van der Waals surface area contributed by atoms with E-state index in [1.807, 2.05) is 18.3 Å². The molecule has 5 rings (SSSR count). The van der Waals surface area contributed by atoms with E-state index in [0.717, 1.165) is 33.8 Å². The normalized spacial score (nSPS) is 19.0. The number of aliphatic imine (C=N–C) groups is 1. The summed E-state index contributed by atoms with van der Waals surface area (Å²) in [5.41, 5.74) is 12.0. The fourth-order valence-corrected chi connectivity index (χ4v) is 3.74. The highest BCUT2D eigenvalue weighted by molar-refractivity contribution is 5.85. The molecule has 2 aromatic heterocycles. The molecule has 28 heavy (non-hydrogen) atoms. The highest BCUT2D eigenvalue weighted by Crippen LogP contribution is 2.23. The van der Waals surface area contributed by atoms with E-state index in [1.165, 1.54) is 10.8 Å². The first kappa shape index (κ1) is 16.6. The first-order valence-corrected chi connectivity index (χ1v) is 9.31. The zero-order valence-electron chi connectivity index (χ0n) is 15.6. The lowest BCUT2D eigenvalue weighted by molar-refractivity contribution is 0.381. The van der Waals surface area contributed by atoms with Gasteiger partial charge in [-0.2, -0.15) is 0 Å². The summed E-state index contributed by atoms with van der Waals surface area (Å²) >= 11 is 0. The van der Waals surface area contributed by atoms with Gasteiger partial charge in [0.2, 0.25) is 0 Å². The number of nitrogens with one attached hydrogen (secondary N) is 4. The average molecular weight is 370 g/mol. The van der Waals surface area contributed by atoms with Crippen molar-refractivity contribution in [3.63, 3.8) is 0 Å². The monoisotopic (exact) mass is 370 g/mol. The summed E-state index contributed by atoms with van der Waals surface area (Å²) in [4.78, 5) is 11.1. The number of aryl methyl sites for hydroxylation is 1. The van der Waals surface area contributed by atoms with Crippen LogP contribution in [0.3, 0.4) is 0 Å². The van der Waals surface area contributed by atoms with Gasteiger partial charge in [0.25, 0.3) is 0 Å². The molecule has 0 radical (unpaired) electrons. The highest BCUT2D eigenvalue weighted by atomic mass is 15.3. The van der Waals surface area contributed by atoms with Crippen LogP contribution in [-0.4, -0.2) is 22.0 Å². The second-order valence-electron chi connectivity index (χ2n) is 7.36. The lowest BCUT2D eigenvalue weighted by atomic mass is 10.0. The molecule has 140 valence electrons. The van der Waals surface area contributed by atoms with Crippen LogP contribution in [0.2, 0.25) is 0 Å². The minimum absolute atomic E-state index is 0.577. The number of aromatic amines is 2. The second-order valence-corrected chi connectivity index (χ2v) is 7.36. The number of nitrogens with zero attached hydrogens (tertiary/aromatic N) is 1. The third-order valence-corrected chi connectivity index (χ3v) is 5.02. The Labute approximate surface area is 162 Å². The molecule has 1 aliphatic heterocycles. The van der Waals surface area contributed by atoms with E-state index in [0.29, 0.717) is 6.42 Å². The molecule has 0 saturated carbocycles. The summed E-state index contributed by atoms with van der Waals surface area (Å²) < 4.78 is 0. The van der Waals surface area contributed by atoms with Crippen LogP contribution < -0.4 is 16.4 Å². The molecule has 6 N–H and O–H groups in total. The van der Waals surface area contributed by atoms with Crippen molar-refractivity contribution < 1.29 is 0 Å². The van der Waals surface area contributed by atoms with Gasteiger partial charge in [-0.15, -0.1) is 0 Å². The number of fused-ring (bicyclic) bond motifs is 2. The molecule has 1 unspecified atom stereocenters. The van der Waals surface area contributed by atoms with E-state index in [-0.39, 0.29) is 0 Å². The first-order valence-electron chi connectivity index (χ1n) is 9.31. The van der Waals surface area contributed by atoms with Crippen molar-refractivity contribution >= 4 is 33.7 Å². The average Bonchev–Trinajstić information content (AvgIpc) is 3.26. The Bertz CT molecular complexity index is 1230. The summed E-state index contributed by atoms with van der Waals surface area (Å²) in [6.45, 7) is 2.06. The van der Waals surface area contributed by atoms with Gasteiger partial charge in [-0.1, -0.05) is 12.1 Å². The van der Waals surface area contributed by atoms with Crippen LogP contribution in [0.1, 0.15) is 11.3 Å². The Balaban J connectivity index is 1.34. The van der Waals surface area contributed by atoms with E-state index in [1.54, 1.807) is 6.21 Å². The fraction of sp³-hybridized carbons (Fsp3) is 0.136. The van der Waals surface area contributed by atoms with Crippen molar-refractivity contribution in [3.8, 4) is 0 Å². The Morgan fingerprint density at radius 3 is 2.89 bits per heavy atom. The molecule has 0 bridgehead atoms. The van der Waals surface area contributed by atoms with Crippen molar-refractivity contribution in [1.82, 2.24) is 15.3 Å². The summed E-state index contributed by atoms with van der Waals surface area (Å²) in [5, 5.41) is 9.10. The molecule has 0 spiro atoms. The molecule has 1 aliphatic rings. The van der Waals surface area contributed by atoms with Crippen LogP contribution in [0.5, 0.6) is 0 Å². The zero-order valence-corrected chi connectivity index (χ0v) is 15.6. The van der Waals surface area contributed by atoms with Gasteiger partial charge in [-0.25, -0.2) is 0 Å². The predicted octanol–water partition coefficient (Wildman–Crippen LogP) is 3.74. The van der Waals surface area contributed by atoms with Crippen molar-refractivity contribution in [2.75, 3.05) is 5.32 Å². The van der Waals surface area contributed by atoms with Crippen LogP contribution in [0.25, 0.3) is 21.8 Å². The summed E-state index contributed by atoms with van der Waals surface area (Å²) in [5.74, 6) is -0.0726. The number of anilines is 1. The smallest absolute Gasteiger partial charge is 0.187 e. The van der Waals surface area contributed by atoms with Crippen molar-refractivity contribution in [3.05, 3.63) is 77.9 Å². The molecule has 3 heterocycles. The number of aromatic nitrogens is 2. The Kier molecular flexibility index (Phi) is 3.74. The Morgan fingerprint density at radius 2 is 1.96 bits per heavy atom. The number of allylic oxidation sites excluding steroid dienone is 1. The van der Waals surface area contributed by atoms with Gasteiger partial charge in [0, 0.05) is 46.6 Å². The zero-order chi connectivity index (χ0) is 19.1. The number of hydrogen-bond donors (Lipinski definition) is 5. The molecule has 6 heteroatoms. The predicted molar refractivity (Wildman–Crippen MR) is 115 cm³/mol. The van der Waals surface area contributed by atoms with Crippen LogP contribution in [-0.2, 0) is 6.42 Å². The molecule has 0 aliphatic carbocycles. The molecule has 2 aromatic carbocycles. The van der Waals surface area contributed by atoms with E-state index in [9.17, 15) is 0 Å². The van der Waals surface area contributed by atoms with Crippen LogP contribution >= 0.6 is 0 Å². The van der Waals surface area contributed by atoms with E-state index >= 15 is 0 Å². The molecule has 0 amide bonds. The largest absolute Gasteiger partial charge is 0.361 e. The van der Waals surface area contributed by atoms with Gasteiger partial charge in [0.1, 0.15) is 5.82 Å². The molecule has 0 fully saturated rings. The highest BCUT2D eigenvalue weighted by Gasteiger charge is 2.26. The lowest BCUT2D eigenvalue weighted by Crippen LogP contribution is -2.55. The van der Waals surface area contributed by atoms with E-state index in [2.05, 4.69) is 75.0 Å². The minimum atomic E-state index is -0.897. The number of nitrogens with two attached hydrogens (primary N) is 1. The molecule has 0 saturated heterocycles. The van der Waals surface area contributed by atoms with Gasteiger partial charge >= 0.3 is 0 Å². The van der Waals surface area contributed by atoms with Crippen molar-refractivity contribution in [1.29, 1.82) is 0 Å². The van der Waals surface area contributed by atoms with Gasteiger partial charge in [0.05, 0.1) is 0 Å². The second kappa shape index (κ2) is 6.28. The Morgan fingerprint density at radius 1 is 1.04 bits per heavy atom. The fourth-order valence-electron chi connectivity index (χ4n) is 3.74. The SMILES string of the molecule is Cc1cc2cc(NC3=CC=NC(N)(Cc4ccc5cc[nH]c5c4)N3)ccc2[nH]1. The third-order valence-electron chi connectivity index (χ3n) is 5.02. The Hall–Kier alpha value is -3.51. The van der Waals surface area contributed by atoms with Crippen LogP contribution in [0.4, 0.5) is 5.69 Å². The number of rotatable bonds is 4. The maximum Gasteiger partial charge on any atom is 0.187 e. The molecule has 6 nitrogen and oxygen atoms in total.